The van der Waals surface area contributed by atoms with Crippen LogP contribution in [-0.4, -0.2) is 176 Å². The molecule has 6 saturated heterocycles. The SMILES string of the molecule is C=C1C[C@H](CCC=O)OC1CC[C@H]1C[C@@H](C)C(=C)C(C[C@@H]2O[C@H](C[C@H](C)CO[Si](C)(C)C(C)(C)C)[C@H](OC)[C@H]2CS(=O)(=O)c2ccccc2)O1.C=C1C[C@H](CCCO)OC1CC[C@H]1C[C@@H](C)C(=C)C(C[C@@H]2O[C@H](C[C@H](C)CO[Si](C)(C)C(C)(C)C)[C@H](OC)[C@H]2CS(=O)(=O)c2ccccc2)O1. The highest BCUT2D eigenvalue weighted by molar-refractivity contribution is 7.91. The van der Waals surface area contributed by atoms with E-state index in [9.17, 15) is 26.7 Å². The first-order chi connectivity index (χ1) is 46.9. The van der Waals surface area contributed by atoms with E-state index in [1.807, 2.05) is 12.1 Å². The van der Waals surface area contributed by atoms with Crippen molar-refractivity contribution in [2.45, 2.75) is 303 Å². The Morgan fingerprint density at radius 2 is 0.910 bits per heavy atom. The maximum absolute atomic E-state index is 13.8. The third kappa shape index (κ3) is 23.0. The number of methoxy groups -OCH3 is 2. The Labute approximate surface area is 606 Å². The van der Waals surface area contributed by atoms with Crippen LogP contribution in [0, 0.1) is 35.5 Å². The quantitative estimate of drug-likeness (QED) is 0.0394. The number of hydrogen-bond acceptors (Lipinski definition) is 16. The average Bonchev–Trinajstić information content (AvgIpc) is 1.64. The van der Waals surface area contributed by atoms with Gasteiger partial charge in [0.25, 0.3) is 0 Å². The molecule has 6 fully saturated rings. The van der Waals surface area contributed by atoms with Gasteiger partial charge in [-0.3, -0.25) is 0 Å². The summed E-state index contributed by atoms with van der Waals surface area (Å²) in [5.41, 5.74) is 4.28. The molecule has 20 atom stereocenters. The number of sulfone groups is 2. The first-order valence-electron chi connectivity index (χ1n) is 37.5. The lowest BCUT2D eigenvalue weighted by atomic mass is 9.83. The monoisotopic (exact) mass is 1470 g/mol. The molecule has 6 heterocycles. The smallest absolute Gasteiger partial charge is 0.191 e. The van der Waals surface area contributed by atoms with Crippen molar-refractivity contribution in [1.82, 2.24) is 0 Å². The molecule has 2 aromatic carbocycles. The lowest BCUT2D eigenvalue weighted by molar-refractivity contribution is -0.108. The third-order valence-electron chi connectivity index (χ3n) is 23.5. The fraction of sp³-hybridized carbons (Fsp3) is 0.738. The number of carbonyl (C=O) groups excluding carboxylic acids is 1. The predicted molar refractivity (Wildman–Crippen MR) is 404 cm³/mol. The molecule has 0 bridgehead atoms. The molecule has 2 aromatic rings. The molecule has 6 aliphatic rings. The van der Waals surface area contributed by atoms with Gasteiger partial charge in [-0.2, -0.15) is 0 Å². The molecule has 4 unspecified atom stereocenters. The van der Waals surface area contributed by atoms with Crippen LogP contribution in [0.15, 0.2) is 119 Å². The van der Waals surface area contributed by atoms with Gasteiger partial charge in [0.05, 0.1) is 107 Å². The first-order valence-corrected chi connectivity index (χ1v) is 46.6. The molecule has 0 spiro atoms. The van der Waals surface area contributed by atoms with Crippen molar-refractivity contribution >= 4 is 42.6 Å². The molecule has 0 amide bonds. The molecule has 20 heteroatoms. The summed E-state index contributed by atoms with van der Waals surface area (Å²) in [4.78, 5) is 11.5. The lowest BCUT2D eigenvalue weighted by Crippen LogP contribution is -2.42. The molecule has 8 rings (SSSR count). The highest BCUT2D eigenvalue weighted by Gasteiger charge is 2.52. The highest BCUT2D eigenvalue weighted by atomic mass is 32.2. The van der Waals surface area contributed by atoms with Crippen molar-refractivity contribution in [3.8, 4) is 0 Å². The second kappa shape index (κ2) is 37.0. The maximum Gasteiger partial charge on any atom is 0.191 e. The van der Waals surface area contributed by atoms with E-state index in [0.29, 0.717) is 55.1 Å². The summed E-state index contributed by atoms with van der Waals surface area (Å²) in [6.45, 7) is 50.2. The van der Waals surface area contributed by atoms with Gasteiger partial charge in [0.15, 0.2) is 36.3 Å². The number of aliphatic hydroxyl groups excluding tert-OH is 1. The summed E-state index contributed by atoms with van der Waals surface area (Å²) in [6.07, 6.45) is 10.6. The zero-order valence-electron chi connectivity index (χ0n) is 64.0. The Hall–Kier alpha value is -3.04. The predicted octanol–water partition coefficient (Wildman–Crippen LogP) is 16.0. The van der Waals surface area contributed by atoms with E-state index >= 15 is 0 Å². The van der Waals surface area contributed by atoms with Crippen LogP contribution in [0.1, 0.15) is 172 Å². The fourth-order valence-corrected chi connectivity index (χ4v) is 20.7. The van der Waals surface area contributed by atoms with Crippen molar-refractivity contribution in [1.29, 1.82) is 0 Å². The van der Waals surface area contributed by atoms with Gasteiger partial charge in [0, 0.05) is 65.1 Å². The standard InChI is InChI=1S/C40H66O8SSi.C40H64O8SSi/c2*1-27(25-45-50(9,10)40(5,6)7)21-38-39(44-8)34(26-49(42,43)33-16-12-11-13-17-33)37(48-38)24-36-30(4)28(2)22-32(47-36)18-19-35-29(3)23-31(46-35)15-14-20-41/h11-13,16-17,27-28,31-32,34-39,41H,3-4,14-15,18-26H2,1-2,5-10H3;11-13,16-17,20,27-28,31-32,34-39H,3-4,14-15,18-19,21-26H2,1-2,5-10H3/t2*27-,28+,31-,32-,34-,35?,36?,37-,38+,39+/m00/s1. The Bertz CT molecular complexity index is 3170. The van der Waals surface area contributed by atoms with Gasteiger partial charge < -0.3 is 56.6 Å². The molecule has 0 radical (unpaired) electrons. The summed E-state index contributed by atoms with van der Waals surface area (Å²) in [7, 11) is -7.73. The third-order valence-corrected chi connectivity index (χ3v) is 36.1. The second-order valence-electron chi connectivity index (χ2n) is 33.5. The van der Waals surface area contributed by atoms with Gasteiger partial charge in [0.2, 0.25) is 0 Å². The van der Waals surface area contributed by atoms with Crippen LogP contribution in [0.25, 0.3) is 0 Å². The molecule has 16 nitrogen and oxygen atoms in total. The van der Waals surface area contributed by atoms with Crippen molar-refractivity contribution < 1.29 is 73.5 Å². The van der Waals surface area contributed by atoms with Crippen molar-refractivity contribution in [2.75, 3.05) is 45.5 Å². The van der Waals surface area contributed by atoms with Crippen LogP contribution >= 0.6 is 0 Å². The minimum atomic E-state index is -3.61. The van der Waals surface area contributed by atoms with Gasteiger partial charge in [-0.1, -0.05) is 132 Å². The Morgan fingerprint density at radius 1 is 0.540 bits per heavy atom. The summed E-state index contributed by atoms with van der Waals surface area (Å²) < 4.78 is 120. The topological polar surface area (TPSA) is 198 Å². The van der Waals surface area contributed by atoms with Gasteiger partial charge in [-0.25, -0.2) is 16.8 Å². The number of aliphatic hydroxyl groups is 1. The summed E-state index contributed by atoms with van der Waals surface area (Å²) in [6, 6.07) is 17.3. The highest BCUT2D eigenvalue weighted by Crippen LogP contribution is 2.46. The maximum atomic E-state index is 13.8. The minimum absolute atomic E-state index is 0.0118. The molecule has 0 aromatic heterocycles. The number of ether oxygens (including phenoxy) is 8. The lowest BCUT2D eigenvalue weighted by Gasteiger charge is -2.38. The van der Waals surface area contributed by atoms with Crippen LogP contribution in [0.3, 0.4) is 0 Å². The summed E-state index contributed by atoms with van der Waals surface area (Å²) in [5.74, 6) is 0.0275. The van der Waals surface area contributed by atoms with E-state index in [0.717, 1.165) is 99.2 Å². The molecule has 100 heavy (non-hydrogen) atoms. The average molecular weight is 1470 g/mol. The number of carbonyl (C=O) groups is 1. The van der Waals surface area contributed by atoms with Crippen LogP contribution in [0.2, 0.25) is 36.3 Å². The fourth-order valence-electron chi connectivity index (χ4n) is 15.1. The molecule has 1 N–H and O–H groups in total. The zero-order valence-corrected chi connectivity index (χ0v) is 67.6. The van der Waals surface area contributed by atoms with Crippen molar-refractivity contribution in [3.05, 3.63) is 109 Å². The minimum Gasteiger partial charge on any atom is -0.417 e. The Balaban J connectivity index is 0.000000281. The van der Waals surface area contributed by atoms with Gasteiger partial charge in [-0.05, 0) is 190 Å². The largest absolute Gasteiger partial charge is 0.417 e. The Kier molecular flexibility index (Phi) is 31.2. The van der Waals surface area contributed by atoms with Crippen molar-refractivity contribution in [3.63, 3.8) is 0 Å². The van der Waals surface area contributed by atoms with Gasteiger partial charge in [-0.15, -0.1) is 0 Å². The first kappa shape index (κ1) is 84.2. The van der Waals surface area contributed by atoms with E-state index in [1.165, 1.54) is 0 Å². The number of rotatable bonds is 34. The van der Waals surface area contributed by atoms with Crippen LogP contribution in [-0.2, 0) is 71.2 Å². The number of benzene rings is 2. The summed E-state index contributed by atoms with van der Waals surface area (Å²) >= 11 is 0. The van der Waals surface area contributed by atoms with Crippen LogP contribution in [0.5, 0.6) is 0 Å². The molecule has 6 aliphatic heterocycles. The van der Waals surface area contributed by atoms with E-state index in [1.54, 1.807) is 62.8 Å². The van der Waals surface area contributed by atoms with Crippen LogP contribution < -0.4 is 0 Å². The van der Waals surface area contributed by atoms with E-state index in [2.05, 4.69) is 122 Å². The van der Waals surface area contributed by atoms with Gasteiger partial charge in [0.1, 0.15) is 6.29 Å². The molecular weight excluding hydrogens is 1340 g/mol. The van der Waals surface area contributed by atoms with Gasteiger partial charge >= 0.3 is 0 Å². The molecule has 0 saturated carbocycles. The Morgan fingerprint density at radius 3 is 1.26 bits per heavy atom. The normalized spacial score (nSPS) is 31.7. The van der Waals surface area contributed by atoms with E-state index in [4.69, 9.17) is 46.7 Å². The molecular formula is C80H130O16S2Si2. The van der Waals surface area contributed by atoms with E-state index < -0.39 is 42.4 Å². The molecule has 0 aliphatic carbocycles. The zero-order chi connectivity index (χ0) is 73.7. The number of aldehydes is 1. The van der Waals surface area contributed by atoms with Crippen LogP contribution in [0.4, 0.5) is 0 Å². The van der Waals surface area contributed by atoms with E-state index in [-0.39, 0.29) is 143 Å². The number of hydrogen-bond donors (Lipinski definition) is 1. The molecule has 566 valence electrons. The van der Waals surface area contributed by atoms with Crippen molar-refractivity contribution in [2.24, 2.45) is 35.5 Å². The second-order valence-corrected chi connectivity index (χ2v) is 47.2. The summed E-state index contributed by atoms with van der Waals surface area (Å²) in [5, 5.41) is 9.46.